The van der Waals surface area contributed by atoms with Gasteiger partial charge < -0.3 is 15.3 Å². The molecule has 0 aliphatic carbocycles. The zero-order valence-corrected chi connectivity index (χ0v) is 19.9. The highest BCUT2D eigenvalue weighted by molar-refractivity contribution is 6.05. The third-order valence-electron chi connectivity index (χ3n) is 6.64. The average molecular weight is 526 g/mol. The minimum Gasteiger partial charge on any atom is -0.465 e. The van der Waals surface area contributed by atoms with Crippen molar-refractivity contribution in [3.8, 4) is 0 Å². The Kier molecular flexibility index (Phi) is 6.33. The summed E-state index contributed by atoms with van der Waals surface area (Å²) in [7, 11) is 0. The molecule has 13 heteroatoms. The minimum atomic E-state index is -4.56. The van der Waals surface area contributed by atoms with E-state index in [9.17, 15) is 27.9 Å². The van der Waals surface area contributed by atoms with Gasteiger partial charge >= 0.3 is 12.3 Å². The molecule has 0 radical (unpaired) electrons. The molecular formula is C25H23F3N7O3+. The molecule has 1 aromatic carbocycles. The van der Waals surface area contributed by atoms with E-state index in [4.69, 9.17) is 10.8 Å². The Morgan fingerprint density at radius 3 is 2.66 bits per heavy atom. The summed E-state index contributed by atoms with van der Waals surface area (Å²) in [4.78, 5) is 38.4. The van der Waals surface area contributed by atoms with Gasteiger partial charge in [-0.1, -0.05) is 0 Å². The van der Waals surface area contributed by atoms with Crippen molar-refractivity contribution in [2.75, 3.05) is 18.4 Å². The highest BCUT2D eigenvalue weighted by Gasteiger charge is 2.46. The largest absolute Gasteiger partial charge is 0.465 e. The number of benzene rings is 1. The Morgan fingerprint density at radius 2 is 1.95 bits per heavy atom. The number of aromatic nitrogens is 1. The molecule has 5 rings (SSSR count). The topological polar surface area (TPSA) is 133 Å². The first-order chi connectivity index (χ1) is 18.1. The number of quaternary nitrogens is 1. The number of amidine groups is 1. The van der Waals surface area contributed by atoms with Crippen LogP contribution in [0, 0.1) is 5.92 Å². The standard InChI is InChI=1S/C25H22F3N7O3/c26-25(27,28)18-7-8-31-20(12-18)32-23(36)16-5-3-15(4-6-16)22-33-21(19-13-30-9-11-35(19,22)29)17-2-1-10-34(14-17)24(37)38/h3-9,11-13,17H,1-2,10,14,29H2,(H-,31,32,36,37,38)/p+1. The Balaban J connectivity index is 1.39. The zero-order chi connectivity index (χ0) is 27.1. The number of amides is 2. The van der Waals surface area contributed by atoms with Crippen LogP contribution in [0.5, 0.6) is 0 Å². The molecule has 1 aromatic heterocycles. The molecule has 0 bridgehead atoms. The number of nitrogens with zero attached hydrogens (tertiary/aromatic N) is 5. The van der Waals surface area contributed by atoms with Gasteiger partial charge in [0.1, 0.15) is 17.7 Å². The summed E-state index contributed by atoms with van der Waals surface area (Å²) in [5.41, 5.74) is 1.19. The molecule has 2 amide bonds. The van der Waals surface area contributed by atoms with Crippen molar-refractivity contribution < 1.29 is 32.5 Å². The number of aliphatic imine (C=N–C) groups is 2. The number of hydrogen-bond acceptors (Lipinski definition) is 6. The molecule has 38 heavy (non-hydrogen) atoms. The molecular weight excluding hydrogens is 503 g/mol. The number of halogens is 3. The Labute approximate surface area is 214 Å². The molecule has 0 spiro atoms. The lowest BCUT2D eigenvalue weighted by atomic mass is 9.94. The molecule has 3 aliphatic rings. The SMILES string of the molecule is N[N+]12C=CN=CC1=C(C1CCCN(C(=O)O)C1)N=C2c1ccc(C(=O)Nc2cc(C(F)(F)F)ccn2)cc1. The van der Waals surface area contributed by atoms with Gasteiger partial charge in [-0.3, -0.25) is 9.79 Å². The Bertz CT molecular complexity index is 1420. The number of carboxylic acid groups (broad SMARTS) is 1. The van der Waals surface area contributed by atoms with Crippen molar-refractivity contribution in [3.05, 3.63) is 83.1 Å². The number of alkyl halides is 3. The van der Waals surface area contributed by atoms with Crippen molar-refractivity contribution in [2.45, 2.75) is 19.0 Å². The van der Waals surface area contributed by atoms with Crippen LogP contribution in [0.4, 0.5) is 23.8 Å². The summed E-state index contributed by atoms with van der Waals surface area (Å²) in [5.74, 6) is 6.20. The van der Waals surface area contributed by atoms with Crippen molar-refractivity contribution >= 4 is 29.9 Å². The number of carbonyl (C=O) groups excluding carboxylic acids is 1. The lowest BCUT2D eigenvalue weighted by Crippen LogP contribution is -2.53. The lowest BCUT2D eigenvalue weighted by Gasteiger charge is -2.31. The summed E-state index contributed by atoms with van der Waals surface area (Å²) in [6.45, 7) is 0.756. The maximum Gasteiger partial charge on any atom is 0.416 e. The Hall–Kier alpha value is -4.36. The van der Waals surface area contributed by atoms with Crippen molar-refractivity contribution in [2.24, 2.45) is 21.7 Å². The van der Waals surface area contributed by atoms with Crippen LogP contribution in [0.3, 0.4) is 0 Å². The number of carbonyl (C=O) groups is 2. The second-order valence-electron chi connectivity index (χ2n) is 9.09. The first-order valence-corrected chi connectivity index (χ1v) is 11.7. The second kappa shape index (κ2) is 9.50. The second-order valence-corrected chi connectivity index (χ2v) is 9.09. The fourth-order valence-corrected chi connectivity index (χ4v) is 4.71. The van der Waals surface area contributed by atoms with E-state index in [1.165, 1.54) is 17.0 Å². The predicted octanol–water partition coefficient (Wildman–Crippen LogP) is 3.96. The summed E-state index contributed by atoms with van der Waals surface area (Å²) < 4.78 is 38.6. The van der Waals surface area contributed by atoms with Gasteiger partial charge in [-0.25, -0.2) is 9.78 Å². The highest BCUT2D eigenvalue weighted by atomic mass is 19.4. The normalized spacial score (nSPS) is 22.8. The smallest absolute Gasteiger partial charge is 0.416 e. The first-order valence-electron chi connectivity index (χ1n) is 11.7. The van der Waals surface area contributed by atoms with Gasteiger partial charge in [0.25, 0.3) is 11.7 Å². The van der Waals surface area contributed by atoms with Crippen molar-refractivity contribution in [3.63, 3.8) is 0 Å². The predicted molar refractivity (Wildman–Crippen MR) is 132 cm³/mol. The van der Waals surface area contributed by atoms with E-state index in [1.54, 1.807) is 30.7 Å². The van der Waals surface area contributed by atoms with E-state index in [-0.39, 0.29) is 21.9 Å². The van der Waals surface area contributed by atoms with Gasteiger partial charge in [0.05, 0.1) is 23.5 Å². The third-order valence-corrected chi connectivity index (χ3v) is 6.64. The van der Waals surface area contributed by atoms with Crippen LogP contribution in [0.25, 0.3) is 0 Å². The number of piperidine rings is 1. The molecule has 10 nitrogen and oxygen atoms in total. The number of allylic oxidation sites excluding steroid dienone is 1. The summed E-state index contributed by atoms with van der Waals surface area (Å²) in [6, 6.07) is 7.90. The van der Waals surface area contributed by atoms with Crippen LogP contribution in [0.2, 0.25) is 0 Å². The number of nitrogens with two attached hydrogens (primary N) is 1. The van der Waals surface area contributed by atoms with Crippen LogP contribution in [-0.2, 0) is 6.18 Å². The fourth-order valence-electron chi connectivity index (χ4n) is 4.71. The average Bonchev–Trinajstić information content (AvgIpc) is 3.21. The number of hydrogen-bond donors (Lipinski definition) is 3. The van der Waals surface area contributed by atoms with Gasteiger partial charge in [0.2, 0.25) is 5.70 Å². The van der Waals surface area contributed by atoms with Crippen molar-refractivity contribution in [1.82, 2.24) is 9.88 Å². The van der Waals surface area contributed by atoms with Gasteiger partial charge in [-0.2, -0.15) is 24.0 Å². The molecule has 2 atom stereocenters. The number of fused-ring (bicyclic) bond motifs is 1. The van der Waals surface area contributed by atoms with Crippen LogP contribution >= 0.6 is 0 Å². The molecule has 196 valence electrons. The zero-order valence-electron chi connectivity index (χ0n) is 19.9. The summed E-state index contributed by atoms with van der Waals surface area (Å²) in [6.07, 6.45) is 1.72. The number of rotatable bonds is 4. The quantitative estimate of drug-likeness (QED) is 0.410. The van der Waals surface area contributed by atoms with Crippen LogP contribution in [-0.4, -0.2) is 56.7 Å². The molecule has 2 unspecified atom stereocenters. The van der Waals surface area contributed by atoms with Gasteiger partial charge in [0, 0.05) is 30.8 Å². The number of nitrogens with one attached hydrogen (secondary N) is 1. The van der Waals surface area contributed by atoms with Gasteiger partial charge in [-0.15, -0.1) is 4.59 Å². The molecule has 0 saturated carbocycles. The third kappa shape index (κ3) is 4.68. The van der Waals surface area contributed by atoms with Crippen LogP contribution in [0.1, 0.15) is 34.3 Å². The summed E-state index contributed by atoms with van der Waals surface area (Å²) >= 11 is 0. The van der Waals surface area contributed by atoms with E-state index in [2.05, 4.69) is 15.3 Å². The lowest BCUT2D eigenvalue weighted by molar-refractivity contribution is -0.750. The number of likely N-dealkylation sites (tertiary alicyclic amines) is 1. The molecule has 4 N–H and O–H groups in total. The molecule has 1 fully saturated rings. The van der Waals surface area contributed by atoms with Crippen LogP contribution < -0.4 is 11.2 Å². The van der Waals surface area contributed by atoms with Gasteiger partial charge in [-0.05, 0) is 49.2 Å². The maximum absolute atomic E-state index is 13.0. The first kappa shape index (κ1) is 25.3. The van der Waals surface area contributed by atoms with Crippen LogP contribution in [0.15, 0.2) is 76.4 Å². The van der Waals surface area contributed by atoms with Crippen molar-refractivity contribution in [1.29, 1.82) is 0 Å². The Morgan fingerprint density at radius 1 is 1.18 bits per heavy atom. The molecule has 3 aliphatic heterocycles. The van der Waals surface area contributed by atoms with E-state index < -0.39 is 23.7 Å². The fraction of sp³-hybridized carbons (Fsp3) is 0.240. The molecule has 1 saturated heterocycles. The van der Waals surface area contributed by atoms with Gasteiger partial charge in [0.15, 0.2) is 0 Å². The monoisotopic (exact) mass is 526 g/mol. The summed E-state index contributed by atoms with van der Waals surface area (Å²) in [5, 5.41) is 11.8. The highest BCUT2D eigenvalue weighted by Crippen LogP contribution is 2.37. The van der Waals surface area contributed by atoms with E-state index in [0.717, 1.165) is 24.8 Å². The number of anilines is 1. The molecule has 4 heterocycles. The van der Waals surface area contributed by atoms with E-state index in [0.29, 0.717) is 42.3 Å². The van der Waals surface area contributed by atoms with E-state index in [1.807, 2.05) is 0 Å². The maximum atomic E-state index is 13.0. The number of pyridine rings is 1. The minimum absolute atomic E-state index is 0.156. The molecule has 2 aromatic rings. The van der Waals surface area contributed by atoms with E-state index >= 15 is 0 Å².